The molecule has 0 amide bonds. The molecule has 0 saturated heterocycles. The SMILES string of the molecule is C=C(C)C(=O)O.C=C(C)C(=O)O.C=C(C)C(=O)O.O=c1n(CCO)c(=O)n(CCO)c(=O)n1CCO. The zero-order chi connectivity index (χ0) is 29.2. The lowest BCUT2D eigenvalue weighted by molar-refractivity contribution is -0.133. The minimum Gasteiger partial charge on any atom is -0.478 e. The van der Waals surface area contributed by atoms with Gasteiger partial charge in [0.25, 0.3) is 0 Å². The molecule has 0 saturated carbocycles. The fourth-order valence-electron chi connectivity index (χ4n) is 1.56. The third-order valence-corrected chi connectivity index (χ3v) is 3.45. The number of hydrogen-bond acceptors (Lipinski definition) is 9. The van der Waals surface area contributed by atoms with E-state index in [0.717, 1.165) is 0 Å². The van der Waals surface area contributed by atoms with E-state index < -0.39 is 54.8 Å². The van der Waals surface area contributed by atoms with Gasteiger partial charge in [0.15, 0.2) is 0 Å². The minimum absolute atomic E-state index is 0.176. The van der Waals surface area contributed by atoms with Crippen molar-refractivity contribution in [2.75, 3.05) is 19.8 Å². The molecule has 0 bridgehead atoms. The number of nitrogens with zero attached hydrogens (tertiary/aromatic N) is 3. The first kappa shape index (κ1) is 36.5. The summed E-state index contributed by atoms with van der Waals surface area (Å²) in [6.45, 7) is 11.7. The average molecular weight is 520 g/mol. The molecule has 0 aliphatic rings. The van der Waals surface area contributed by atoms with Crippen LogP contribution in [0.3, 0.4) is 0 Å². The monoisotopic (exact) mass is 519 g/mol. The highest BCUT2D eigenvalue weighted by atomic mass is 16.4. The van der Waals surface area contributed by atoms with E-state index in [4.69, 9.17) is 30.6 Å². The number of carboxylic acid groups (broad SMARTS) is 3. The molecule has 1 aromatic rings. The summed E-state index contributed by atoms with van der Waals surface area (Å²) in [5.41, 5.74) is -2.13. The van der Waals surface area contributed by atoms with E-state index in [2.05, 4.69) is 19.7 Å². The van der Waals surface area contributed by atoms with Crippen molar-refractivity contribution >= 4 is 17.9 Å². The van der Waals surface area contributed by atoms with E-state index in [-0.39, 0.29) is 36.4 Å². The van der Waals surface area contributed by atoms with Gasteiger partial charge in [-0.25, -0.2) is 42.5 Å². The first-order valence-corrected chi connectivity index (χ1v) is 9.95. The first-order chi connectivity index (χ1) is 16.5. The van der Waals surface area contributed by atoms with Crippen LogP contribution in [0.25, 0.3) is 0 Å². The lowest BCUT2D eigenvalue weighted by Gasteiger charge is -2.11. The van der Waals surface area contributed by atoms with Crippen molar-refractivity contribution in [2.45, 2.75) is 40.4 Å². The molecule has 0 aromatic carbocycles. The molecule has 6 N–H and O–H groups in total. The van der Waals surface area contributed by atoms with Crippen molar-refractivity contribution in [2.24, 2.45) is 0 Å². The predicted octanol–water partition coefficient (Wildman–Crippen LogP) is -1.91. The third-order valence-electron chi connectivity index (χ3n) is 3.45. The van der Waals surface area contributed by atoms with Gasteiger partial charge in [0.05, 0.1) is 39.5 Å². The molecule has 0 atom stereocenters. The topological polar surface area (TPSA) is 239 Å². The molecule has 15 nitrogen and oxygen atoms in total. The van der Waals surface area contributed by atoms with Crippen LogP contribution in [0.2, 0.25) is 0 Å². The summed E-state index contributed by atoms with van der Waals surface area (Å²) in [5.74, 6) is -2.81. The number of aromatic nitrogens is 3. The van der Waals surface area contributed by atoms with E-state index in [9.17, 15) is 28.8 Å². The zero-order valence-corrected chi connectivity index (χ0v) is 20.3. The molecule has 0 spiro atoms. The van der Waals surface area contributed by atoms with Crippen LogP contribution < -0.4 is 17.1 Å². The molecule has 204 valence electrons. The normalized spacial score (nSPS) is 9.17. The maximum Gasteiger partial charge on any atom is 0.336 e. The van der Waals surface area contributed by atoms with Crippen molar-refractivity contribution in [1.29, 1.82) is 0 Å². The number of hydrogen-bond donors (Lipinski definition) is 6. The highest BCUT2D eigenvalue weighted by Gasteiger charge is 2.14. The van der Waals surface area contributed by atoms with Crippen LogP contribution in [0.4, 0.5) is 0 Å². The fourth-order valence-corrected chi connectivity index (χ4v) is 1.56. The van der Waals surface area contributed by atoms with Crippen molar-refractivity contribution in [3.05, 3.63) is 67.9 Å². The van der Waals surface area contributed by atoms with Gasteiger partial charge in [0, 0.05) is 16.7 Å². The highest BCUT2D eigenvalue weighted by Crippen LogP contribution is 1.82. The van der Waals surface area contributed by atoms with Gasteiger partial charge in [-0.1, -0.05) is 19.7 Å². The molecular weight excluding hydrogens is 486 g/mol. The van der Waals surface area contributed by atoms with Gasteiger partial charge in [-0.05, 0) is 20.8 Å². The van der Waals surface area contributed by atoms with Gasteiger partial charge >= 0.3 is 35.0 Å². The molecule has 1 heterocycles. The molecule has 0 fully saturated rings. The van der Waals surface area contributed by atoms with Crippen LogP contribution in [0.5, 0.6) is 0 Å². The molecule has 1 aromatic heterocycles. The number of aliphatic carboxylic acids is 3. The molecule has 15 heteroatoms. The van der Waals surface area contributed by atoms with Crippen LogP contribution in [0.15, 0.2) is 50.8 Å². The number of aliphatic hydroxyl groups excluding tert-OH is 3. The Morgan fingerprint density at radius 1 is 0.556 bits per heavy atom. The van der Waals surface area contributed by atoms with Gasteiger partial charge in [0.1, 0.15) is 0 Å². The van der Waals surface area contributed by atoms with E-state index in [0.29, 0.717) is 13.7 Å². The molecule has 0 aliphatic heterocycles. The molecule has 0 unspecified atom stereocenters. The van der Waals surface area contributed by atoms with Gasteiger partial charge in [-0.15, -0.1) is 0 Å². The van der Waals surface area contributed by atoms with Crippen molar-refractivity contribution < 1.29 is 45.0 Å². The molecule has 36 heavy (non-hydrogen) atoms. The Morgan fingerprint density at radius 3 is 0.778 bits per heavy atom. The van der Waals surface area contributed by atoms with Gasteiger partial charge in [-0.3, -0.25) is 0 Å². The summed E-state index contributed by atoms with van der Waals surface area (Å²) in [4.78, 5) is 64.1. The summed E-state index contributed by atoms with van der Waals surface area (Å²) < 4.78 is 2.06. The number of aliphatic hydroxyl groups is 3. The fraction of sp³-hybridized carbons (Fsp3) is 0.429. The Bertz CT molecular complexity index is 904. The van der Waals surface area contributed by atoms with Crippen LogP contribution in [-0.2, 0) is 34.0 Å². The molecule has 1 rings (SSSR count). The lowest BCUT2D eigenvalue weighted by Crippen LogP contribution is -2.55. The summed E-state index contributed by atoms with van der Waals surface area (Å²) in [7, 11) is 0. The van der Waals surface area contributed by atoms with Gasteiger partial charge in [0.2, 0.25) is 0 Å². The van der Waals surface area contributed by atoms with E-state index in [1.807, 2.05) is 0 Å². The van der Waals surface area contributed by atoms with Crippen molar-refractivity contribution in [3.63, 3.8) is 0 Å². The maximum absolute atomic E-state index is 11.8. The Balaban J connectivity index is -0.000000495. The molecule has 0 radical (unpaired) electrons. The summed E-state index contributed by atoms with van der Waals surface area (Å²) in [6.07, 6.45) is 0. The maximum atomic E-state index is 11.8. The summed E-state index contributed by atoms with van der Waals surface area (Å²) in [6, 6.07) is 0. The minimum atomic E-state index is -0.935. The number of rotatable bonds is 9. The van der Waals surface area contributed by atoms with Crippen LogP contribution in [-0.4, -0.2) is 82.1 Å². The van der Waals surface area contributed by atoms with Crippen LogP contribution in [0.1, 0.15) is 20.8 Å². The second kappa shape index (κ2) is 19.2. The predicted molar refractivity (Wildman–Crippen MR) is 128 cm³/mol. The Kier molecular flexibility index (Phi) is 19.5. The first-order valence-electron chi connectivity index (χ1n) is 9.95. The second-order valence-electron chi connectivity index (χ2n) is 6.73. The van der Waals surface area contributed by atoms with Gasteiger partial charge < -0.3 is 30.6 Å². The third kappa shape index (κ3) is 14.9. The summed E-state index contributed by atoms with van der Waals surface area (Å²) >= 11 is 0. The molecule has 0 aliphatic carbocycles. The Labute approximate surface area is 205 Å². The quantitative estimate of drug-likeness (QED) is 0.196. The van der Waals surface area contributed by atoms with E-state index >= 15 is 0 Å². The molecular formula is C21H33N3O12. The Hall–Kier alpha value is -4.08. The van der Waals surface area contributed by atoms with Crippen molar-refractivity contribution in [3.8, 4) is 0 Å². The Morgan fingerprint density at radius 2 is 0.694 bits per heavy atom. The van der Waals surface area contributed by atoms with Gasteiger partial charge in [-0.2, -0.15) is 0 Å². The smallest absolute Gasteiger partial charge is 0.336 e. The largest absolute Gasteiger partial charge is 0.478 e. The number of carbonyl (C=O) groups is 3. The van der Waals surface area contributed by atoms with E-state index in [1.165, 1.54) is 20.8 Å². The second-order valence-corrected chi connectivity index (χ2v) is 6.73. The summed E-state index contributed by atoms with van der Waals surface area (Å²) in [5, 5.41) is 50.0. The highest BCUT2D eigenvalue weighted by molar-refractivity contribution is 5.85. The zero-order valence-electron chi connectivity index (χ0n) is 20.3. The van der Waals surface area contributed by atoms with Crippen molar-refractivity contribution in [1.82, 2.24) is 13.7 Å². The standard InChI is InChI=1S/C9H15N3O6.3C4H6O2/c13-4-1-10-7(16)11(2-5-14)9(18)12(3-6-15)8(10)17;3*1-3(2)4(5)6/h13-15H,1-6H2;3*1H2,2H3,(H,5,6). The average Bonchev–Trinajstić information content (AvgIpc) is 2.78. The van der Waals surface area contributed by atoms with E-state index in [1.54, 1.807) is 0 Å². The number of carboxylic acids is 3. The van der Waals surface area contributed by atoms with Crippen LogP contribution in [0, 0.1) is 0 Å². The van der Waals surface area contributed by atoms with Crippen LogP contribution >= 0.6 is 0 Å². The lowest BCUT2D eigenvalue weighted by atomic mass is 10.4.